The van der Waals surface area contributed by atoms with E-state index in [0.29, 0.717) is 55.1 Å². The van der Waals surface area contributed by atoms with E-state index in [1.807, 2.05) is 57.3 Å². The van der Waals surface area contributed by atoms with Gasteiger partial charge in [0.1, 0.15) is 16.8 Å². The minimum absolute atomic E-state index is 0.0730. The van der Waals surface area contributed by atoms with E-state index in [0.717, 1.165) is 22.5 Å². The fourth-order valence-electron chi connectivity index (χ4n) is 5.61. The molecule has 41 heavy (non-hydrogen) atoms. The Morgan fingerprint density at radius 1 is 0.927 bits per heavy atom. The van der Waals surface area contributed by atoms with Gasteiger partial charge in [-0.05, 0) is 82.1 Å². The number of carbonyl (C=O) groups excluding carboxylic acids is 2. The van der Waals surface area contributed by atoms with E-state index in [1.165, 1.54) is 0 Å². The monoisotopic (exact) mass is 555 g/mol. The van der Waals surface area contributed by atoms with Crippen LogP contribution in [0, 0.1) is 19.3 Å². The van der Waals surface area contributed by atoms with Gasteiger partial charge in [0.15, 0.2) is 0 Å². The Bertz CT molecular complexity index is 1690. The van der Waals surface area contributed by atoms with Crippen LogP contribution < -0.4 is 15.4 Å². The first-order chi connectivity index (χ1) is 19.5. The standard InChI is InChI=1S/C32H37N5O4/c1-7-37-26-9-8-23(18-27(26)34(6)30(39)32(4,5)31(37)40)19-35(20-24-10-12-33-21(2)16-24)14-15-36-13-11-28-25(29(36)38)17-22(3)41-28/h8-13,16-18H,7,14-15,19-20H2,1-6H3. The lowest BCUT2D eigenvalue weighted by Crippen LogP contribution is -2.47. The second kappa shape index (κ2) is 11.0. The zero-order valence-electron chi connectivity index (χ0n) is 24.6. The molecule has 4 aromatic rings. The lowest BCUT2D eigenvalue weighted by atomic mass is 9.90. The van der Waals surface area contributed by atoms with Gasteiger partial charge >= 0.3 is 0 Å². The van der Waals surface area contributed by atoms with Gasteiger partial charge in [0.25, 0.3) is 5.56 Å². The Kier molecular flexibility index (Phi) is 7.57. The molecule has 1 aliphatic rings. The van der Waals surface area contributed by atoms with Crippen LogP contribution in [0.15, 0.2) is 64.1 Å². The zero-order valence-corrected chi connectivity index (χ0v) is 24.6. The smallest absolute Gasteiger partial charge is 0.261 e. The summed E-state index contributed by atoms with van der Waals surface area (Å²) in [5.41, 5.74) is 3.88. The molecular weight excluding hydrogens is 518 g/mol. The second-order valence-electron chi connectivity index (χ2n) is 11.3. The zero-order chi connectivity index (χ0) is 29.5. The molecule has 9 nitrogen and oxygen atoms in total. The van der Waals surface area contributed by atoms with Crippen molar-refractivity contribution < 1.29 is 14.0 Å². The molecule has 2 amide bonds. The molecule has 0 radical (unpaired) electrons. The number of nitrogens with zero attached hydrogens (tertiary/aromatic N) is 5. The minimum atomic E-state index is -1.16. The van der Waals surface area contributed by atoms with E-state index < -0.39 is 5.41 Å². The average Bonchev–Trinajstić information content (AvgIpc) is 3.31. The summed E-state index contributed by atoms with van der Waals surface area (Å²) in [5, 5.41) is 0.581. The van der Waals surface area contributed by atoms with Crippen LogP contribution >= 0.6 is 0 Å². The third-order valence-corrected chi connectivity index (χ3v) is 7.84. The van der Waals surface area contributed by atoms with Crippen molar-refractivity contribution in [2.75, 3.05) is 29.9 Å². The molecule has 5 rings (SSSR count). The van der Waals surface area contributed by atoms with Crippen LogP contribution in [0.3, 0.4) is 0 Å². The molecule has 0 aliphatic carbocycles. The molecular formula is C32H37N5O4. The average molecular weight is 556 g/mol. The molecule has 0 spiro atoms. The number of benzene rings is 1. The SMILES string of the molecule is CCN1C(=O)C(C)(C)C(=O)N(C)c2cc(CN(CCn3ccc4oc(C)cc4c3=O)Cc3ccnc(C)c3)ccc21. The lowest BCUT2D eigenvalue weighted by molar-refractivity contribution is -0.137. The highest BCUT2D eigenvalue weighted by atomic mass is 16.3. The summed E-state index contributed by atoms with van der Waals surface area (Å²) >= 11 is 0. The highest BCUT2D eigenvalue weighted by Crippen LogP contribution is 2.39. The summed E-state index contributed by atoms with van der Waals surface area (Å²) in [6, 6.07) is 13.6. The van der Waals surface area contributed by atoms with Crippen LogP contribution in [0.4, 0.5) is 11.4 Å². The maximum Gasteiger partial charge on any atom is 0.261 e. The number of furan rings is 1. The van der Waals surface area contributed by atoms with Crippen LogP contribution in [0.25, 0.3) is 11.0 Å². The largest absolute Gasteiger partial charge is 0.461 e. The molecule has 4 heterocycles. The predicted octanol–water partition coefficient (Wildman–Crippen LogP) is 4.66. The van der Waals surface area contributed by atoms with E-state index in [4.69, 9.17) is 4.42 Å². The van der Waals surface area contributed by atoms with E-state index in [2.05, 4.69) is 16.0 Å². The van der Waals surface area contributed by atoms with Crippen LogP contribution in [0.1, 0.15) is 43.4 Å². The van der Waals surface area contributed by atoms with Gasteiger partial charge in [-0.3, -0.25) is 24.3 Å². The molecule has 0 saturated heterocycles. The fourth-order valence-corrected chi connectivity index (χ4v) is 5.61. The van der Waals surface area contributed by atoms with Crippen LogP contribution in [-0.4, -0.2) is 46.4 Å². The molecule has 0 saturated carbocycles. The number of pyridine rings is 2. The molecule has 0 bridgehead atoms. The number of rotatable bonds is 8. The summed E-state index contributed by atoms with van der Waals surface area (Å²) in [4.78, 5) is 49.6. The van der Waals surface area contributed by atoms with E-state index in [1.54, 1.807) is 47.5 Å². The number of aromatic nitrogens is 2. The first kappa shape index (κ1) is 28.3. The highest BCUT2D eigenvalue weighted by molar-refractivity contribution is 6.19. The van der Waals surface area contributed by atoms with Gasteiger partial charge in [-0.1, -0.05) is 6.07 Å². The van der Waals surface area contributed by atoms with Gasteiger partial charge in [-0.15, -0.1) is 0 Å². The molecule has 3 aromatic heterocycles. The third kappa shape index (κ3) is 5.41. The molecule has 0 atom stereocenters. The Morgan fingerprint density at radius 3 is 2.37 bits per heavy atom. The first-order valence-corrected chi connectivity index (χ1v) is 14.0. The summed E-state index contributed by atoms with van der Waals surface area (Å²) < 4.78 is 7.34. The Balaban J connectivity index is 1.46. The number of hydrogen-bond donors (Lipinski definition) is 0. The maximum absolute atomic E-state index is 13.3. The molecule has 214 valence electrons. The molecule has 1 aromatic carbocycles. The highest BCUT2D eigenvalue weighted by Gasteiger charge is 2.45. The Labute approximate surface area is 240 Å². The number of fused-ring (bicyclic) bond motifs is 2. The Morgan fingerprint density at radius 2 is 1.66 bits per heavy atom. The quantitative estimate of drug-likeness (QED) is 0.294. The van der Waals surface area contributed by atoms with Crippen LogP contribution in [0.2, 0.25) is 0 Å². The number of carbonyl (C=O) groups is 2. The van der Waals surface area contributed by atoms with Gasteiger partial charge in [0, 0.05) is 57.9 Å². The third-order valence-electron chi connectivity index (χ3n) is 7.84. The number of amides is 2. The van der Waals surface area contributed by atoms with Crippen molar-refractivity contribution in [1.29, 1.82) is 0 Å². The summed E-state index contributed by atoms with van der Waals surface area (Å²) in [6.45, 7) is 11.9. The summed E-state index contributed by atoms with van der Waals surface area (Å²) in [7, 11) is 1.73. The molecule has 9 heteroatoms. The van der Waals surface area contributed by atoms with Crippen molar-refractivity contribution in [3.05, 3.63) is 87.8 Å². The minimum Gasteiger partial charge on any atom is -0.461 e. The predicted molar refractivity (Wildman–Crippen MR) is 160 cm³/mol. The van der Waals surface area contributed by atoms with Gasteiger partial charge in [0.05, 0.1) is 16.8 Å². The van der Waals surface area contributed by atoms with Gasteiger partial charge in [-0.2, -0.15) is 0 Å². The maximum atomic E-state index is 13.3. The molecule has 0 fully saturated rings. The number of aryl methyl sites for hydroxylation is 2. The number of hydrogen-bond acceptors (Lipinski definition) is 6. The summed E-state index contributed by atoms with van der Waals surface area (Å²) in [5.74, 6) is 0.279. The van der Waals surface area contributed by atoms with E-state index in [-0.39, 0.29) is 17.4 Å². The van der Waals surface area contributed by atoms with E-state index in [9.17, 15) is 14.4 Å². The molecule has 0 unspecified atom stereocenters. The first-order valence-electron chi connectivity index (χ1n) is 14.0. The second-order valence-corrected chi connectivity index (χ2v) is 11.3. The van der Waals surface area contributed by atoms with Crippen molar-refractivity contribution >= 4 is 34.2 Å². The summed E-state index contributed by atoms with van der Waals surface area (Å²) in [6.07, 6.45) is 3.59. The van der Waals surface area contributed by atoms with Crippen LogP contribution in [-0.2, 0) is 29.2 Å². The van der Waals surface area contributed by atoms with Crippen molar-refractivity contribution in [1.82, 2.24) is 14.5 Å². The van der Waals surface area contributed by atoms with Gasteiger partial charge < -0.3 is 18.8 Å². The topological polar surface area (TPSA) is 91.9 Å². The van der Waals surface area contributed by atoms with Crippen molar-refractivity contribution in [2.24, 2.45) is 5.41 Å². The number of anilines is 2. The molecule has 1 aliphatic heterocycles. The van der Waals surface area contributed by atoms with Crippen molar-refractivity contribution in [2.45, 2.75) is 54.3 Å². The fraction of sp³-hybridized carbons (Fsp3) is 0.375. The van der Waals surface area contributed by atoms with Crippen LogP contribution in [0.5, 0.6) is 0 Å². The van der Waals surface area contributed by atoms with Gasteiger partial charge in [0.2, 0.25) is 11.8 Å². The van der Waals surface area contributed by atoms with Crippen molar-refractivity contribution in [3.63, 3.8) is 0 Å². The normalized spacial score (nSPS) is 15.1. The molecule has 0 N–H and O–H groups in total. The Hall–Kier alpha value is -4.24. The van der Waals surface area contributed by atoms with Gasteiger partial charge in [-0.25, -0.2) is 0 Å². The van der Waals surface area contributed by atoms with Crippen molar-refractivity contribution in [3.8, 4) is 0 Å². The lowest BCUT2D eigenvalue weighted by Gasteiger charge is -2.27. The van der Waals surface area contributed by atoms with E-state index >= 15 is 0 Å².